The van der Waals surface area contributed by atoms with Crippen molar-refractivity contribution in [3.63, 3.8) is 0 Å². The smallest absolute Gasteiger partial charge is 0.310 e. The van der Waals surface area contributed by atoms with Crippen LogP contribution in [0.1, 0.15) is 37.7 Å². The summed E-state index contributed by atoms with van der Waals surface area (Å²) in [5, 5.41) is 30.0. The molecule has 0 aromatic heterocycles. The van der Waals surface area contributed by atoms with Gasteiger partial charge < -0.3 is 14.9 Å². The van der Waals surface area contributed by atoms with Crippen molar-refractivity contribution >= 4 is 5.69 Å². The summed E-state index contributed by atoms with van der Waals surface area (Å²) in [4.78, 5) is 10.4. The van der Waals surface area contributed by atoms with Gasteiger partial charge in [-0.3, -0.25) is 10.1 Å². The van der Waals surface area contributed by atoms with Gasteiger partial charge in [-0.1, -0.05) is 25.7 Å². The van der Waals surface area contributed by atoms with Crippen molar-refractivity contribution in [2.75, 3.05) is 6.61 Å². The van der Waals surface area contributed by atoms with Crippen molar-refractivity contribution in [2.24, 2.45) is 5.92 Å². The summed E-state index contributed by atoms with van der Waals surface area (Å²) in [6.45, 7) is -0.175. The minimum absolute atomic E-state index is 0.0340. The van der Waals surface area contributed by atoms with Gasteiger partial charge in [0.1, 0.15) is 6.61 Å². The van der Waals surface area contributed by atoms with Crippen LogP contribution in [0.3, 0.4) is 0 Å². The third-order valence-electron chi connectivity index (χ3n) is 3.91. The summed E-state index contributed by atoms with van der Waals surface area (Å²) in [5.74, 6) is 0.624. The number of aliphatic hydroxyl groups is 2. The van der Waals surface area contributed by atoms with Gasteiger partial charge in [-0.25, -0.2) is 0 Å². The Bertz CT molecular complexity index is 485. The van der Waals surface area contributed by atoms with Crippen LogP contribution in [-0.2, 0) is 6.61 Å². The predicted octanol–water partition coefficient (Wildman–Crippen LogP) is 2.41. The van der Waals surface area contributed by atoms with E-state index in [2.05, 4.69) is 0 Å². The molecule has 0 radical (unpaired) electrons. The molecule has 1 fully saturated rings. The zero-order valence-corrected chi connectivity index (χ0v) is 11.9. The van der Waals surface area contributed by atoms with Gasteiger partial charge in [0, 0.05) is 6.07 Å². The largest absolute Gasteiger partial charge is 0.484 e. The summed E-state index contributed by atoms with van der Waals surface area (Å²) >= 11 is 0. The zero-order chi connectivity index (χ0) is 15.2. The molecule has 1 aromatic carbocycles. The summed E-state index contributed by atoms with van der Waals surface area (Å²) in [5.41, 5.74) is 0.390. The van der Waals surface area contributed by atoms with E-state index < -0.39 is 11.0 Å². The summed E-state index contributed by atoms with van der Waals surface area (Å²) in [7, 11) is 0. The summed E-state index contributed by atoms with van der Waals surface area (Å²) in [6.07, 6.45) is 4.75. The molecule has 2 N–H and O–H groups in total. The fourth-order valence-corrected chi connectivity index (χ4v) is 2.81. The van der Waals surface area contributed by atoms with E-state index >= 15 is 0 Å². The maximum Gasteiger partial charge on any atom is 0.310 e. The molecule has 1 aliphatic rings. The second-order valence-electron chi connectivity index (χ2n) is 5.57. The first kappa shape index (κ1) is 15.7. The second-order valence-corrected chi connectivity index (χ2v) is 5.57. The van der Waals surface area contributed by atoms with Crippen LogP contribution in [0.5, 0.6) is 5.75 Å². The van der Waals surface area contributed by atoms with E-state index in [9.17, 15) is 15.2 Å². The molecule has 1 unspecified atom stereocenters. The molecule has 0 heterocycles. The molecule has 2 rings (SSSR count). The third-order valence-corrected chi connectivity index (χ3v) is 3.91. The number of ether oxygens (including phenoxy) is 1. The number of nitro groups is 1. The average molecular weight is 295 g/mol. The molecule has 1 aromatic rings. The molecule has 21 heavy (non-hydrogen) atoms. The van der Waals surface area contributed by atoms with Crippen molar-refractivity contribution in [1.82, 2.24) is 0 Å². The highest BCUT2D eigenvalue weighted by Crippen LogP contribution is 2.30. The van der Waals surface area contributed by atoms with Crippen LogP contribution in [-0.4, -0.2) is 27.8 Å². The molecule has 6 nitrogen and oxygen atoms in total. The third kappa shape index (κ3) is 4.41. The van der Waals surface area contributed by atoms with Gasteiger partial charge in [-0.15, -0.1) is 0 Å². The number of nitro benzene ring substituents is 1. The Morgan fingerprint density at radius 2 is 2.10 bits per heavy atom. The van der Waals surface area contributed by atoms with Crippen LogP contribution >= 0.6 is 0 Å². The molecule has 0 saturated heterocycles. The predicted molar refractivity (Wildman–Crippen MR) is 77.1 cm³/mol. The Hall–Kier alpha value is -1.66. The summed E-state index contributed by atoms with van der Waals surface area (Å²) in [6, 6.07) is 4.24. The van der Waals surface area contributed by atoms with Crippen molar-refractivity contribution < 1.29 is 19.9 Å². The normalized spacial score (nSPS) is 16.9. The number of rotatable bonds is 7. The number of benzene rings is 1. The molecule has 6 heteroatoms. The van der Waals surface area contributed by atoms with Crippen molar-refractivity contribution in [2.45, 2.75) is 44.8 Å². The van der Waals surface area contributed by atoms with Crippen LogP contribution < -0.4 is 4.74 Å². The molecule has 0 spiro atoms. The van der Waals surface area contributed by atoms with Gasteiger partial charge >= 0.3 is 5.69 Å². The lowest BCUT2D eigenvalue weighted by Gasteiger charge is -2.16. The molecule has 1 saturated carbocycles. The maximum atomic E-state index is 10.9. The monoisotopic (exact) mass is 295 g/mol. The highest BCUT2D eigenvalue weighted by Gasteiger charge is 2.21. The van der Waals surface area contributed by atoms with E-state index in [0.717, 1.165) is 12.8 Å². The standard InChI is InChI=1S/C15H21NO5/c17-9-12-5-6-14(16(19)20)15(8-12)21-10-13(18)7-11-3-1-2-4-11/h5-6,8,11,13,17-18H,1-4,7,9-10H2. The van der Waals surface area contributed by atoms with E-state index in [4.69, 9.17) is 9.84 Å². The Balaban J connectivity index is 1.95. The van der Waals surface area contributed by atoms with E-state index in [1.807, 2.05) is 0 Å². The molecule has 0 aliphatic heterocycles. The van der Waals surface area contributed by atoms with Crippen LogP contribution in [0.2, 0.25) is 0 Å². The van der Waals surface area contributed by atoms with E-state index in [1.54, 1.807) is 0 Å². The first-order valence-electron chi connectivity index (χ1n) is 7.29. The molecule has 1 aliphatic carbocycles. The average Bonchev–Trinajstić information content (AvgIpc) is 2.97. The molecular formula is C15H21NO5. The maximum absolute atomic E-state index is 10.9. The van der Waals surface area contributed by atoms with Crippen molar-refractivity contribution in [1.29, 1.82) is 0 Å². The number of hydrogen-bond acceptors (Lipinski definition) is 5. The Labute approximate surface area is 123 Å². The number of hydrogen-bond donors (Lipinski definition) is 2. The van der Waals surface area contributed by atoms with Crippen LogP contribution in [0.4, 0.5) is 5.69 Å². The van der Waals surface area contributed by atoms with Gasteiger partial charge in [-0.05, 0) is 30.0 Å². The second kappa shape index (κ2) is 7.38. The molecule has 116 valence electrons. The van der Waals surface area contributed by atoms with Crippen molar-refractivity contribution in [3.8, 4) is 5.75 Å². The fourth-order valence-electron chi connectivity index (χ4n) is 2.81. The topological polar surface area (TPSA) is 92.8 Å². The van der Waals surface area contributed by atoms with Gasteiger partial charge in [-0.2, -0.15) is 0 Å². The van der Waals surface area contributed by atoms with Gasteiger partial charge in [0.2, 0.25) is 0 Å². The molecular weight excluding hydrogens is 274 g/mol. The van der Waals surface area contributed by atoms with Crippen molar-refractivity contribution in [3.05, 3.63) is 33.9 Å². The summed E-state index contributed by atoms with van der Waals surface area (Å²) < 4.78 is 5.41. The van der Waals surface area contributed by atoms with Crippen LogP contribution in [0.15, 0.2) is 18.2 Å². The van der Waals surface area contributed by atoms with Gasteiger partial charge in [0.25, 0.3) is 0 Å². The quantitative estimate of drug-likeness (QED) is 0.595. The highest BCUT2D eigenvalue weighted by atomic mass is 16.6. The van der Waals surface area contributed by atoms with E-state index in [1.165, 1.54) is 31.0 Å². The number of aliphatic hydroxyl groups excluding tert-OH is 2. The molecule has 0 bridgehead atoms. The Morgan fingerprint density at radius 1 is 1.38 bits per heavy atom. The minimum Gasteiger partial charge on any atom is -0.484 e. The molecule has 0 amide bonds. The fraction of sp³-hybridized carbons (Fsp3) is 0.600. The molecule has 1 atom stereocenters. The minimum atomic E-state index is -0.620. The lowest BCUT2D eigenvalue weighted by Crippen LogP contribution is -2.20. The first-order chi connectivity index (χ1) is 10.1. The number of nitrogens with zero attached hydrogens (tertiary/aromatic N) is 1. The zero-order valence-electron chi connectivity index (χ0n) is 11.9. The SMILES string of the molecule is O=[N+]([O-])c1ccc(CO)cc1OCC(O)CC1CCCC1. The lowest BCUT2D eigenvalue weighted by atomic mass is 10.0. The first-order valence-corrected chi connectivity index (χ1v) is 7.29. The Morgan fingerprint density at radius 3 is 2.71 bits per heavy atom. The lowest BCUT2D eigenvalue weighted by molar-refractivity contribution is -0.385. The van der Waals surface area contributed by atoms with E-state index in [0.29, 0.717) is 17.9 Å². The van der Waals surface area contributed by atoms with E-state index in [-0.39, 0.29) is 24.7 Å². The highest BCUT2D eigenvalue weighted by molar-refractivity contribution is 5.48. The Kier molecular flexibility index (Phi) is 5.52. The van der Waals surface area contributed by atoms with Gasteiger partial charge in [0.15, 0.2) is 5.75 Å². The van der Waals surface area contributed by atoms with Gasteiger partial charge in [0.05, 0.1) is 17.6 Å². The van der Waals surface area contributed by atoms with Crippen LogP contribution in [0, 0.1) is 16.0 Å². The van der Waals surface area contributed by atoms with Crippen LogP contribution in [0.25, 0.3) is 0 Å².